The van der Waals surface area contributed by atoms with Crippen molar-refractivity contribution in [3.63, 3.8) is 0 Å². The number of phenolic OH excluding ortho intramolecular Hbond substituents is 1. The quantitative estimate of drug-likeness (QED) is 0.608. The Morgan fingerprint density at radius 2 is 2.13 bits per heavy atom. The van der Waals surface area contributed by atoms with E-state index in [4.69, 9.17) is 4.74 Å². The van der Waals surface area contributed by atoms with E-state index in [2.05, 4.69) is 6.58 Å². The molecule has 3 nitrogen and oxygen atoms in total. The molecule has 3 heteroatoms. The lowest BCUT2D eigenvalue weighted by molar-refractivity contribution is 0.101. The van der Waals surface area contributed by atoms with Gasteiger partial charge in [0.15, 0.2) is 17.3 Å². The summed E-state index contributed by atoms with van der Waals surface area (Å²) in [5.74, 6) is 0.280. The molecule has 80 valence electrons. The molecule has 1 aromatic carbocycles. The Labute approximate surface area is 89.0 Å². The van der Waals surface area contributed by atoms with Gasteiger partial charge in [-0.1, -0.05) is 6.58 Å². The molecule has 15 heavy (non-hydrogen) atoms. The molecule has 1 rings (SSSR count). The molecule has 0 aliphatic heterocycles. The molecule has 0 aliphatic carbocycles. The van der Waals surface area contributed by atoms with Gasteiger partial charge < -0.3 is 9.84 Å². The Bertz CT molecular complexity index is 394. The van der Waals surface area contributed by atoms with Crippen LogP contribution in [-0.2, 0) is 0 Å². The molecule has 0 spiro atoms. The topological polar surface area (TPSA) is 46.5 Å². The highest BCUT2D eigenvalue weighted by Gasteiger charge is 2.06. The minimum atomic E-state index is -0.0600. The second-order valence-electron chi connectivity index (χ2n) is 3.48. The standard InChI is InChI=1S/C12H14O3/c1-8(2)7-15-12-6-10(9(3)13)4-5-11(12)14/h4-6,14H,1,7H2,2-3H3. The number of hydrogen-bond acceptors (Lipinski definition) is 3. The molecule has 0 amide bonds. The molecule has 0 saturated heterocycles. The first-order valence-corrected chi connectivity index (χ1v) is 4.62. The highest BCUT2D eigenvalue weighted by Crippen LogP contribution is 2.27. The average Bonchev–Trinajstić information content (AvgIpc) is 2.16. The van der Waals surface area contributed by atoms with E-state index in [1.807, 2.05) is 6.92 Å². The third kappa shape index (κ3) is 3.13. The van der Waals surface area contributed by atoms with E-state index in [0.29, 0.717) is 17.9 Å². The number of Topliss-reactive ketones (excluding diaryl/α,β-unsaturated/α-hetero) is 1. The lowest BCUT2D eigenvalue weighted by Crippen LogP contribution is -1.99. The third-order valence-corrected chi connectivity index (χ3v) is 1.84. The number of ketones is 1. The van der Waals surface area contributed by atoms with Gasteiger partial charge in [-0.05, 0) is 37.6 Å². The molecule has 0 aromatic heterocycles. The number of benzene rings is 1. The van der Waals surface area contributed by atoms with E-state index >= 15 is 0 Å². The molecule has 0 saturated carbocycles. The average molecular weight is 206 g/mol. The monoisotopic (exact) mass is 206 g/mol. The van der Waals surface area contributed by atoms with Gasteiger partial charge in [0, 0.05) is 5.56 Å². The minimum absolute atomic E-state index is 0.0289. The maximum atomic E-state index is 11.1. The molecule has 0 unspecified atom stereocenters. The van der Waals surface area contributed by atoms with Crippen LogP contribution < -0.4 is 4.74 Å². The first kappa shape index (κ1) is 11.3. The van der Waals surface area contributed by atoms with Crippen LogP contribution in [0.15, 0.2) is 30.4 Å². The van der Waals surface area contributed by atoms with Crippen molar-refractivity contribution in [3.8, 4) is 11.5 Å². The van der Waals surface area contributed by atoms with Crippen LogP contribution in [-0.4, -0.2) is 17.5 Å². The fourth-order valence-electron chi connectivity index (χ4n) is 1.05. The maximum absolute atomic E-state index is 11.1. The number of carbonyl (C=O) groups excluding carboxylic acids is 1. The van der Waals surface area contributed by atoms with E-state index in [9.17, 15) is 9.90 Å². The van der Waals surface area contributed by atoms with Crippen molar-refractivity contribution >= 4 is 5.78 Å². The van der Waals surface area contributed by atoms with E-state index in [-0.39, 0.29) is 11.5 Å². The summed E-state index contributed by atoms with van der Waals surface area (Å²) >= 11 is 0. The second kappa shape index (κ2) is 4.64. The Kier molecular flexibility index (Phi) is 3.50. The zero-order valence-corrected chi connectivity index (χ0v) is 8.91. The molecule has 0 fully saturated rings. The fourth-order valence-corrected chi connectivity index (χ4v) is 1.05. The van der Waals surface area contributed by atoms with Crippen molar-refractivity contribution in [2.45, 2.75) is 13.8 Å². The zero-order chi connectivity index (χ0) is 11.4. The van der Waals surface area contributed by atoms with Gasteiger partial charge in [-0.25, -0.2) is 0 Å². The Morgan fingerprint density at radius 3 is 2.67 bits per heavy atom. The van der Waals surface area contributed by atoms with Crippen molar-refractivity contribution in [1.82, 2.24) is 0 Å². The van der Waals surface area contributed by atoms with Crippen molar-refractivity contribution < 1.29 is 14.6 Å². The van der Waals surface area contributed by atoms with E-state index in [0.717, 1.165) is 5.57 Å². The van der Waals surface area contributed by atoms with Gasteiger partial charge >= 0.3 is 0 Å². The van der Waals surface area contributed by atoms with Gasteiger partial charge in [0.25, 0.3) is 0 Å². The first-order valence-electron chi connectivity index (χ1n) is 4.62. The smallest absolute Gasteiger partial charge is 0.162 e. The van der Waals surface area contributed by atoms with Gasteiger partial charge in [0.05, 0.1) is 0 Å². The number of hydrogen-bond donors (Lipinski definition) is 1. The summed E-state index contributed by atoms with van der Waals surface area (Å²) in [6.45, 7) is 7.30. The first-order chi connectivity index (χ1) is 7.00. The Hall–Kier alpha value is -1.77. The molecular formula is C12H14O3. The van der Waals surface area contributed by atoms with Crippen molar-refractivity contribution in [2.75, 3.05) is 6.61 Å². The van der Waals surface area contributed by atoms with Gasteiger partial charge in [0.1, 0.15) is 6.61 Å². The number of carbonyl (C=O) groups is 1. The summed E-state index contributed by atoms with van der Waals surface area (Å²) in [6.07, 6.45) is 0. The van der Waals surface area contributed by atoms with E-state index < -0.39 is 0 Å². The van der Waals surface area contributed by atoms with Gasteiger partial charge in [-0.15, -0.1) is 0 Å². The van der Waals surface area contributed by atoms with Crippen LogP contribution in [0, 0.1) is 0 Å². The van der Waals surface area contributed by atoms with Crippen LogP contribution in [0.3, 0.4) is 0 Å². The Balaban J connectivity index is 2.90. The SMILES string of the molecule is C=C(C)COc1cc(C(C)=O)ccc1O. The molecule has 0 aliphatic rings. The minimum Gasteiger partial charge on any atom is -0.504 e. The second-order valence-corrected chi connectivity index (χ2v) is 3.48. The molecular weight excluding hydrogens is 192 g/mol. The lowest BCUT2D eigenvalue weighted by Gasteiger charge is -2.08. The number of rotatable bonds is 4. The highest BCUT2D eigenvalue weighted by atomic mass is 16.5. The number of ether oxygens (including phenoxy) is 1. The maximum Gasteiger partial charge on any atom is 0.162 e. The molecule has 0 heterocycles. The molecule has 0 radical (unpaired) electrons. The van der Waals surface area contributed by atoms with Crippen molar-refractivity contribution in [1.29, 1.82) is 0 Å². The van der Waals surface area contributed by atoms with Crippen LogP contribution in [0.25, 0.3) is 0 Å². The Morgan fingerprint density at radius 1 is 1.47 bits per heavy atom. The predicted octanol–water partition coefficient (Wildman–Crippen LogP) is 2.55. The van der Waals surface area contributed by atoms with Crippen molar-refractivity contribution in [2.24, 2.45) is 0 Å². The molecule has 1 N–H and O–H groups in total. The van der Waals surface area contributed by atoms with Crippen LogP contribution in [0.1, 0.15) is 24.2 Å². The summed E-state index contributed by atoms with van der Waals surface area (Å²) in [4.78, 5) is 11.1. The van der Waals surface area contributed by atoms with Crippen LogP contribution in [0.2, 0.25) is 0 Å². The van der Waals surface area contributed by atoms with E-state index in [1.165, 1.54) is 19.1 Å². The van der Waals surface area contributed by atoms with Crippen molar-refractivity contribution in [3.05, 3.63) is 35.9 Å². The van der Waals surface area contributed by atoms with Crippen LogP contribution >= 0.6 is 0 Å². The largest absolute Gasteiger partial charge is 0.504 e. The third-order valence-electron chi connectivity index (χ3n) is 1.84. The normalized spacial score (nSPS) is 9.73. The zero-order valence-electron chi connectivity index (χ0n) is 8.91. The number of phenols is 1. The highest BCUT2D eigenvalue weighted by molar-refractivity contribution is 5.94. The molecule has 0 atom stereocenters. The van der Waals surface area contributed by atoms with Crippen LogP contribution in [0.5, 0.6) is 11.5 Å². The molecule has 0 bridgehead atoms. The van der Waals surface area contributed by atoms with E-state index in [1.54, 1.807) is 6.07 Å². The summed E-state index contributed by atoms with van der Waals surface area (Å²) < 4.78 is 5.29. The fraction of sp³-hybridized carbons (Fsp3) is 0.250. The summed E-state index contributed by atoms with van der Waals surface area (Å²) in [5, 5.41) is 9.46. The predicted molar refractivity (Wildman–Crippen MR) is 58.4 cm³/mol. The summed E-state index contributed by atoms with van der Waals surface area (Å²) in [5.41, 5.74) is 1.37. The number of aromatic hydroxyl groups is 1. The lowest BCUT2D eigenvalue weighted by atomic mass is 10.1. The molecule has 1 aromatic rings. The summed E-state index contributed by atoms with van der Waals surface area (Å²) in [7, 11) is 0. The van der Waals surface area contributed by atoms with Gasteiger partial charge in [-0.3, -0.25) is 4.79 Å². The van der Waals surface area contributed by atoms with Gasteiger partial charge in [0.2, 0.25) is 0 Å². The summed E-state index contributed by atoms with van der Waals surface area (Å²) in [6, 6.07) is 4.54. The van der Waals surface area contributed by atoms with Gasteiger partial charge in [-0.2, -0.15) is 0 Å². The van der Waals surface area contributed by atoms with Crippen LogP contribution in [0.4, 0.5) is 0 Å².